The average Bonchev–Trinajstić information content (AvgIpc) is 3.21. The van der Waals surface area contributed by atoms with Crippen LogP contribution in [0.3, 0.4) is 0 Å². The number of hydrogen-bond donors (Lipinski definition) is 1. The molecule has 0 aliphatic rings. The van der Waals surface area contributed by atoms with E-state index in [1.165, 1.54) is 11.8 Å². The van der Waals surface area contributed by atoms with Crippen LogP contribution in [0.15, 0.2) is 65.8 Å². The van der Waals surface area contributed by atoms with Crippen LogP contribution in [0, 0.1) is 0 Å². The first-order chi connectivity index (χ1) is 15.2. The van der Waals surface area contributed by atoms with Crippen molar-refractivity contribution in [3.8, 4) is 22.8 Å². The molecule has 0 saturated heterocycles. The Balaban J connectivity index is 1.48. The zero-order valence-corrected chi connectivity index (χ0v) is 17.9. The molecule has 0 spiro atoms. The van der Waals surface area contributed by atoms with Crippen molar-refractivity contribution in [2.45, 2.75) is 12.1 Å². The maximum atomic E-state index is 12.4. The van der Waals surface area contributed by atoms with Crippen molar-refractivity contribution in [1.82, 2.24) is 19.8 Å². The molecular weight excluding hydrogens is 414 g/mol. The van der Waals surface area contributed by atoms with Gasteiger partial charge >= 0.3 is 0 Å². The third-order valence-electron chi connectivity index (χ3n) is 4.41. The van der Waals surface area contributed by atoms with Gasteiger partial charge in [-0.25, -0.2) is 0 Å². The predicted molar refractivity (Wildman–Crippen MR) is 120 cm³/mol. The second-order valence-electron chi connectivity index (χ2n) is 6.47. The minimum atomic E-state index is -0.172. The number of nitrogens with one attached hydrogen (secondary N) is 1. The first-order valence-electron chi connectivity index (χ1n) is 9.69. The molecule has 1 amide bonds. The Kier molecular flexibility index (Phi) is 6.32. The van der Waals surface area contributed by atoms with Crippen LogP contribution in [0.2, 0.25) is 0 Å². The van der Waals surface area contributed by atoms with E-state index in [0.29, 0.717) is 28.8 Å². The van der Waals surface area contributed by atoms with E-state index in [9.17, 15) is 4.79 Å². The van der Waals surface area contributed by atoms with Crippen LogP contribution in [0.5, 0.6) is 11.5 Å². The molecule has 0 bridgehead atoms. The van der Waals surface area contributed by atoms with Gasteiger partial charge < -0.3 is 14.8 Å². The van der Waals surface area contributed by atoms with Gasteiger partial charge in [-0.05, 0) is 55.5 Å². The van der Waals surface area contributed by atoms with Crippen LogP contribution in [-0.2, 0) is 4.79 Å². The molecule has 0 aliphatic heterocycles. The van der Waals surface area contributed by atoms with Crippen molar-refractivity contribution in [1.29, 1.82) is 0 Å². The highest BCUT2D eigenvalue weighted by molar-refractivity contribution is 7.99. The van der Waals surface area contributed by atoms with Crippen molar-refractivity contribution >= 4 is 29.0 Å². The number of carbonyl (C=O) groups is 1. The van der Waals surface area contributed by atoms with Crippen molar-refractivity contribution in [2.75, 3.05) is 24.8 Å². The van der Waals surface area contributed by atoms with Gasteiger partial charge in [0.25, 0.3) is 0 Å². The highest BCUT2D eigenvalue weighted by Gasteiger charge is 2.13. The molecule has 0 unspecified atom stereocenters. The zero-order chi connectivity index (χ0) is 21.6. The van der Waals surface area contributed by atoms with E-state index in [2.05, 4.69) is 20.6 Å². The average molecular weight is 436 g/mol. The summed E-state index contributed by atoms with van der Waals surface area (Å²) in [5.74, 6) is 1.41. The fourth-order valence-corrected chi connectivity index (χ4v) is 3.65. The van der Waals surface area contributed by atoms with E-state index >= 15 is 0 Å². The molecule has 31 heavy (non-hydrogen) atoms. The lowest BCUT2D eigenvalue weighted by molar-refractivity contribution is -0.113. The van der Waals surface area contributed by atoms with Gasteiger partial charge in [-0.2, -0.15) is 9.61 Å². The molecule has 0 atom stereocenters. The molecular formula is C22H21N5O3S. The number of thioether (sulfide) groups is 1. The number of para-hydroxylation sites is 2. The monoisotopic (exact) mass is 435 g/mol. The fraction of sp³-hybridized carbons (Fsp3) is 0.182. The smallest absolute Gasteiger partial charge is 0.234 e. The minimum Gasteiger partial charge on any atom is -0.495 e. The normalized spacial score (nSPS) is 10.8. The number of rotatable bonds is 8. The van der Waals surface area contributed by atoms with Crippen molar-refractivity contribution in [2.24, 2.45) is 0 Å². The Morgan fingerprint density at radius 3 is 2.65 bits per heavy atom. The molecule has 2 heterocycles. The van der Waals surface area contributed by atoms with Crippen molar-refractivity contribution in [3.05, 3.63) is 60.7 Å². The Bertz CT molecular complexity index is 1190. The van der Waals surface area contributed by atoms with E-state index < -0.39 is 0 Å². The summed E-state index contributed by atoms with van der Waals surface area (Å²) < 4.78 is 12.4. The molecule has 0 saturated carbocycles. The molecule has 158 valence electrons. The molecule has 0 fully saturated rings. The van der Waals surface area contributed by atoms with E-state index in [4.69, 9.17) is 9.47 Å². The van der Waals surface area contributed by atoms with Gasteiger partial charge in [0.1, 0.15) is 11.5 Å². The van der Waals surface area contributed by atoms with Crippen LogP contribution < -0.4 is 14.8 Å². The lowest BCUT2D eigenvalue weighted by Gasteiger charge is -2.09. The molecule has 0 aliphatic carbocycles. The third kappa shape index (κ3) is 4.77. The standard InChI is InChI=1S/C22H21N5O3S/c1-3-30-16-10-8-15(9-11-16)17-12-13-20-24-25-22(27(20)26-17)31-14-21(28)23-18-6-4-5-7-19(18)29-2/h4-13H,3,14H2,1-2H3,(H,23,28). The predicted octanol–water partition coefficient (Wildman–Crippen LogP) is 3.93. The lowest BCUT2D eigenvalue weighted by Crippen LogP contribution is -2.15. The Morgan fingerprint density at radius 1 is 1.06 bits per heavy atom. The number of methoxy groups -OCH3 is 1. The number of fused-ring (bicyclic) bond motifs is 1. The number of aromatic nitrogens is 4. The molecule has 1 N–H and O–H groups in total. The fourth-order valence-electron chi connectivity index (χ4n) is 2.97. The third-order valence-corrected chi connectivity index (χ3v) is 5.33. The summed E-state index contributed by atoms with van der Waals surface area (Å²) >= 11 is 1.26. The molecule has 4 rings (SSSR count). The first kappa shape index (κ1) is 20.7. The second-order valence-corrected chi connectivity index (χ2v) is 7.41. The number of ether oxygens (including phenoxy) is 2. The van der Waals surface area contributed by atoms with Crippen LogP contribution in [0.1, 0.15) is 6.92 Å². The number of amides is 1. The van der Waals surface area contributed by atoms with Crippen molar-refractivity contribution < 1.29 is 14.3 Å². The largest absolute Gasteiger partial charge is 0.495 e. The highest BCUT2D eigenvalue weighted by Crippen LogP contribution is 2.25. The van der Waals surface area contributed by atoms with Crippen LogP contribution in [0.25, 0.3) is 16.9 Å². The topological polar surface area (TPSA) is 90.6 Å². The summed E-state index contributed by atoms with van der Waals surface area (Å²) in [6.07, 6.45) is 0. The highest BCUT2D eigenvalue weighted by atomic mass is 32.2. The molecule has 9 heteroatoms. The van der Waals surface area contributed by atoms with Gasteiger partial charge in [-0.3, -0.25) is 4.79 Å². The molecule has 2 aromatic carbocycles. The van der Waals surface area contributed by atoms with E-state index in [-0.39, 0.29) is 11.7 Å². The van der Waals surface area contributed by atoms with E-state index in [1.54, 1.807) is 23.8 Å². The Labute approximate surface area is 183 Å². The Morgan fingerprint density at radius 2 is 1.87 bits per heavy atom. The molecule has 0 radical (unpaired) electrons. The quantitative estimate of drug-likeness (QED) is 0.419. The number of anilines is 1. The van der Waals surface area contributed by atoms with Crippen LogP contribution in [0.4, 0.5) is 5.69 Å². The first-order valence-corrected chi connectivity index (χ1v) is 10.7. The summed E-state index contributed by atoms with van der Waals surface area (Å²) in [5.41, 5.74) is 2.96. The minimum absolute atomic E-state index is 0.161. The molecule has 8 nitrogen and oxygen atoms in total. The van der Waals surface area contributed by atoms with E-state index in [0.717, 1.165) is 17.0 Å². The summed E-state index contributed by atoms with van der Waals surface area (Å²) in [5, 5.41) is 16.3. The van der Waals surface area contributed by atoms with E-state index in [1.807, 2.05) is 55.5 Å². The van der Waals surface area contributed by atoms with Gasteiger partial charge in [0, 0.05) is 5.56 Å². The van der Waals surface area contributed by atoms with Gasteiger partial charge in [-0.15, -0.1) is 10.2 Å². The molecule has 2 aromatic heterocycles. The van der Waals surface area contributed by atoms with Crippen LogP contribution >= 0.6 is 11.8 Å². The SMILES string of the molecule is CCOc1ccc(-c2ccc3nnc(SCC(=O)Nc4ccccc4OC)n3n2)cc1. The number of carbonyl (C=O) groups excluding carboxylic acids is 1. The van der Waals surface area contributed by atoms with Crippen LogP contribution in [-0.4, -0.2) is 45.2 Å². The van der Waals surface area contributed by atoms with Gasteiger partial charge in [0.15, 0.2) is 5.65 Å². The molecule has 4 aromatic rings. The summed E-state index contributed by atoms with van der Waals surface area (Å²) in [6.45, 7) is 2.57. The Hall–Kier alpha value is -3.59. The zero-order valence-electron chi connectivity index (χ0n) is 17.1. The maximum Gasteiger partial charge on any atom is 0.234 e. The van der Waals surface area contributed by atoms with Crippen molar-refractivity contribution in [3.63, 3.8) is 0 Å². The second kappa shape index (κ2) is 9.48. The summed E-state index contributed by atoms with van der Waals surface area (Å²) in [7, 11) is 1.57. The number of benzene rings is 2. The van der Waals surface area contributed by atoms with Gasteiger partial charge in [0.2, 0.25) is 11.1 Å². The summed E-state index contributed by atoms with van der Waals surface area (Å²) in [6, 6.07) is 18.7. The lowest BCUT2D eigenvalue weighted by atomic mass is 10.1. The maximum absolute atomic E-state index is 12.4. The number of hydrogen-bond acceptors (Lipinski definition) is 7. The summed E-state index contributed by atoms with van der Waals surface area (Å²) in [4.78, 5) is 12.4. The van der Waals surface area contributed by atoms with Gasteiger partial charge in [0.05, 0.1) is 30.9 Å². The number of nitrogens with zero attached hydrogens (tertiary/aromatic N) is 4. The van der Waals surface area contributed by atoms with Gasteiger partial charge in [-0.1, -0.05) is 23.9 Å².